The van der Waals surface area contributed by atoms with E-state index in [1.807, 2.05) is 6.20 Å². The molecular formula is C15H26N4. The molecule has 106 valence electrons. The Morgan fingerprint density at radius 1 is 1.32 bits per heavy atom. The number of pyridine rings is 1. The average molecular weight is 262 g/mol. The first kappa shape index (κ1) is 14.3. The fourth-order valence-electron chi connectivity index (χ4n) is 2.43. The van der Waals surface area contributed by atoms with E-state index in [4.69, 9.17) is 0 Å². The van der Waals surface area contributed by atoms with Crippen molar-refractivity contribution in [1.82, 2.24) is 15.2 Å². The average Bonchev–Trinajstić information content (AvgIpc) is 2.96. The molecule has 0 aliphatic carbocycles. The first-order valence-electron chi connectivity index (χ1n) is 7.38. The van der Waals surface area contributed by atoms with E-state index in [2.05, 4.69) is 46.2 Å². The van der Waals surface area contributed by atoms with Crippen LogP contribution in [0.3, 0.4) is 0 Å². The Hall–Kier alpha value is -1.13. The van der Waals surface area contributed by atoms with Gasteiger partial charge in [-0.2, -0.15) is 0 Å². The Kier molecular flexibility index (Phi) is 5.61. The van der Waals surface area contributed by atoms with Crippen molar-refractivity contribution in [2.75, 3.05) is 44.7 Å². The van der Waals surface area contributed by atoms with Gasteiger partial charge in [0.25, 0.3) is 0 Å². The molecule has 0 atom stereocenters. The van der Waals surface area contributed by atoms with Crippen molar-refractivity contribution in [1.29, 1.82) is 0 Å². The van der Waals surface area contributed by atoms with Gasteiger partial charge in [0.1, 0.15) is 5.82 Å². The van der Waals surface area contributed by atoms with Crippen LogP contribution < -0.4 is 10.2 Å². The third-order valence-electron chi connectivity index (χ3n) is 3.73. The van der Waals surface area contributed by atoms with E-state index < -0.39 is 0 Å². The summed E-state index contributed by atoms with van der Waals surface area (Å²) in [7, 11) is 2.13. The molecule has 1 fully saturated rings. The minimum absolute atomic E-state index is 0.904. The highest BCUT2D eigenvalue weighted by Crippen LogP contribution is 2.11. The molecule has 1 aromatic rings. The molecule has 4 nitrogen and oxygen atoms in total. The van der Waals surface area contributed by atoms with E-state index in [0.717, 1.165) is 32.0 Å². The molecule has 1 saturated heterocycles. The summed E-state index contributed by atoms with van der Waals surface area (Å²) in [5.74, 6) is 1.07. The molecule has 0 saturated carbocycles. The van der Waals surface area contributed by atoms with E-state index in [0.29, 0.717) is 0 Å². The number of hydrogen-bond donors (Lipinski definition) is 1. The van der Waals surface area contributed by atoms with Gasteiger partial charge in [-0.25, -0.2) is 4.98 Å². The second-order valence-electron chi connectivity index (χ2n) is 5.28. The third kappa shape index (κ3) is 4.48. The number of likely N-dealkylation sites (tertiary alicyclic amines) is 1. The van der Waals surface area contributed by atoms with Crippen LogP contribution >= 0.6 is 0 Å². The lowest BCUT2D eigenvalue weighted by Crippen LogP contribution is -2.31. The summed E-state index contributed by atoms with van der Waals surface area (Å²) in [5.41, 5.74) is 1.25. The van der Waals surface area contributed by atoms with Gasteiger partial charge < -0.3 is 15.1 Å². The molecule has 1 aliphatic rings. The fraction of sp³-hybridized carbons (Fsp3) is 0.667. The molecule has 0 spiro atoms. The van der Waals surface area contributed by atoms with Crippen LogP contribution in [0.5, 0.6) is 0 Å². The number of hydrogen-bond acceptors (Lipinski definition) is 4. The largest absolute Gasteiger partial charge is 0.358 e. The topological polar surface area (TPSA) is 31.4 Å². The minimum atomic E-state index is 0.904. The van der Waals surface area contributed by atoms with Gasteiger partial charge in [-0.1, -0.05) is 13.0 Å². The normalized spacial score (nSPS) is 15.9. The third-order valence-corrected chi connectivity index (χ3v) is 3.73. The number of nitrogens with one attached hydrogen (secondary N) is 1. The fourth-order valence-corrected chi connectivity index (χ4v) is 2.43. The number of nitrogens with zero attached hydrogens (tertiary/aromatic N) is 3. The van der Waals surface area contributed by atoms with Gasteiger partial charge >= 0.3 is 0 Å². The molecule has 2 rings (SSSR count). The summed E-state index contributed by atoms with van der Waals surface area (Å²) in [5, 5.41) is 3.32. The van der Waals surface area contributed by atoms with Crippen molar-refractivity contribution >= 4 is 5.82 Å². The molecule has 0 aromatic carbocycles. The van der Waals surface area contributed by atoms with Gasteiger partial charge in [0, 0.05) is 32.9 Å². The zero-order valence-corrected chi connectivity index (χ0v) is 12.2. The van der Waals surface area contributed by atoms with E-state index >= 15 is 0 Å². The quantitative estimate of drug-likeness (QED) is 0.811. The van der Waals surface area contributed by atoms with Crippen molar-refractivity contribution in [2.45, 2.75) is 26.3 Å². The Balaban J connectivity index is 1.79. The lowest BCUT2D eigenvalue weighted by molar-refractivity contribution is 0.346. The Labute approximate surface area is 116 Å². The van der Waals surface area contributed by atoms with E-state index in [-0.39, 0.29) is 0 Å². The standard InChI is InChI=1S/C15H26N4/c1-3-16-12-14-6-7-15(17-13-14)18(2)10-11-19-8-4-5-9-19/h6-7,13,16H,3-5,8-12H2,1-2H3. The Bertz CT molecular complexity index is 357. The first-order valence-corrected chi connectivity index (χ1v) is 7.38. The highest BCUT2D eigenvalue weighted by molar-refractivity contribution is 5.38. The van der Waals surface area contributed by atoms with Crippen LogP contribution in [0.25, 0.3) is 0 Å². The summed E-state index contributed by atoms with van der Waals surface area (Å²) < 4.78 is 0. The maximum absolute atomic E-state index is 4.54. The second kappa shape index (κ2) is 7.46. The monoisotopic (exact) mass is 262 g/mol. The van der Waals surface area contributed by atoms with Crippen molar-refractivity contribution in [3.8, 4) is 0 Å². The molecule has 0 radical (unpaired) electrons. The highest BCUT2D eigenvalue weighted by atomic mass is 15.2. The smallest absolute Gasteiger partial charge is 0.128 e. The Morgan fingerprint density at radius 2 is 2.11 bits per heavy atom. The van der Waals surface area contributed by atoms with Crippen LogP contribution in [0.15, 0.2) is 18.3 Å². The Morgan fingerprint density at radius 3 is 2.74 bits per heavy atom. The van der Waals surface area contributed by atoms with Gasteiger partial charge in [0.05, 0.1) is 0 Å². The lowest BCUT2D eigenvalue weighted by Gasteiger charge is -2.22. The maximum atomic E-state index is 4.54. The summed E-state index contributed by atoms with van der Waals surface area (Å²) >= 11 is 0. The van der Waals surface area contributed by atoms with Crippen LogP contribution in [-0.2, 0) is 6.54 Å². The number of aromatic nitrogens is 1. The van der Waals surface area contributed by atoms with Gasteiger partial charge in [0.15, 0.2) is 0 Å². The minimum Gasteiger partial charge on any atom is -0.358 e. The number of likely N-dealkylation sites (N-methyl/N-ethyl adjacent to an activating group) is 1. The molecule has 1 N–H and O–H groups in total. The van der Waals surface area contributed by atoms with Crippen molar-refractivity contribution < 1.29 is 0 Å². The summed E-state index contributed by atoms with van der Waals surface area (Å²) in [6.45, 7) is 8.76. The predicted molar refractivity (Wildman–Crippen MR) is 80.6 cm³/mol. The summed E-state index contributed by atoms with van der Waals surface area (Å²) in [4.78, 5) is 9.33. The highest BCUT2D eigenvalue weighted by Gasteiger charge is 2.12. The SMILES string of the molecule is CCNCc1ccc(N(C)CCN2CCCC2)nc1. The molecule has 0 bridgehead atoms. The van der Waals surface area contributed by atoms with E-state index in [1.54, 1.807) is 0 Å². The second-order valence-corrected chi connectivity index (χ2v) is 5.28. The molecule has 0 amide bonds. The molecule has 0 unspecified atom stereocenters. The van der Waals surface area contributed by atoms with Gasteiger partial charge in [0.2, 0.25) is 0 Å². The molecular weight excluding hydrogens is 236 g/mol. The van der Waals surface area contributed by atoms with Crippen molar-refractivity contribution in [3.05, 3.63) is 23.9 Å². The van der Waals surface area contributed by atoms with Crippen LogP contribution in [0.2, 0.25) is 0 Å². The van der Waals surface area contributed by atoms with Crippen LogP contribution in [0, 0.1) is 0 Å². The molecule has 2 heterocycles. The molecule has 19 heavy (non-hydrogen) atoms. The number of rotatable bonds is 7. The van der Waals surface area contributed by atoms with Gasteiger partial charge in [-0.15, -0.1) is 0 Å². The van der Waals surface area contributed by atoms with Crippen LogP contribution in [0.4, 0.5) is 5.82 Å². The van der Waals surface area contributed by atoms with Crippen molar-refractivity contribution in [3.63, 3.8) is 0 Å². The van der Waals surface area contributed by atoms with E-state index in [1.165, 1.54) is 31.5 Å². The zero-order chi connectivity index (χ0) is 13.5. The van der Waals surface area contributed by atoms with Crippen LogP contribution in [0.1, 0.15) is 25.3 Å². The first-order chi connectivity index (χ1) is 9.29. The number of anilines is 1. The lowest BCUT2D eigenvalue weighted by atomic mass is 10.2. The maximum Gasteiger partial charge on any atom is 0.128 e. The van der Waals surface area contributed by atoms with E-state index in [9.17, 15) is 0 Å². The predicted octanol–water partition coefficient (Wildman–Crippen LogP) is 1.72. The molecule has 1 aliphatic heterocycles. The van der Waals surface area contributed by atoms with Crippen molar-refractivity contribution in [2.24, 2.45) is 0 Å². The summed E-state index contributed by atoms with van der Waals surface area (Å²) in [6, 6.07) is 4.29. The zero-order valence-electron chi connectivity index (χ0n) is 12.2. The molecule has 4 heteroatoms. The molecule has 1 aromatic heterocycles. The summed E-state index contributed by atoms with van der Waals surface area (Å²) in [6.07, 6.45) is 4.70. The van der Waals surface area contributed by atoms with Gasteiger partial charge in [-0.05, 0) is 44.1 Å². The van der Waals surface area contributed by atoms with Crippen LogP contribution in [-0.4, -0.2) is 49.7 Å². The van der Waals surface area contributed by atoms with Gasteiger partial charge in [-0.3, -0.25) is 0 Å².